The molecule has 6 N–H and O–H groups in total. The summed E-state index contributed by atoms with van der Waals surface area (Å²) in [5.74, 6) is -0.968. The number of aliphatic carboxylic acids is 1. The number of carbonyl (C=O) groups is 1. The Morgan fingerprint density at radius 3 is 1.23 bits per heavy atom. The van der Waals surface area contributed by atoms with E-state index in [2.05, 4.69) is 5.73 Å². The molecule has 0 unspecified atom stereocenters. The Hall–Kier alpha value is 2.66. The van der Waals surface area contributed by atoms with E-state index in [9.17, 15) is 4.79 Å². The molecular weight excluding hydrogens is 233 g/mol. The van der Waals surface area contributed by atoms with Gasteiger partial charge in [-0.05, 0) is 0 Å². The third-order valence-electron chi connectivity index (χ3n) is 0.175. The zero-order valence-electron chi connectivity index (χ0n) is 4.97. The second kappa shape index (κ2) is 29.3. The normalized spacial score (nSPS) is 4.92. The van der Waals surface area contributed by atoms with Gasteiger partial charge in [0.25, 0.3) is 0 Å². The number of carboxylic acid groups (broad SMARTS) is 1. The molecule has 0 aliphatic rings. The quantitative estimate of drug-likeness (QED) is 0.296. The molecule has 0 saturated carbocycles. The van der Waals surface area contributed by atoms with E-state index in [-0.39, 0.29) is 108 Å². The predicted octanol–water partition coefficient (Wildman–Crippen LogP) is -4.55. The Morgan fingerprint density at radius 2 is 1.23 bits per heavy atom. The van der Waals surface area contributed by atoms with Crippen LogP contribution in [0.1, 0.15) is 0 Å². The second-order valence-corrected chi connectivity index (χ2v) is 0.944. The number of halogens is 1. The van der Waals surface area contributed by atoms with E-state index in [0.29, 0.717) is 0 Å². The molecule has 0 spiro atoms. The molecule has 0 aromatic carbocycles. The van der Waals surface area contributed by atoms with E-state index in [1.54, 1.807) is 0 Å². The SMILES string of the molecule is Cl.NCC(=O)O.OB(O)O.[NaH].[NaH].[NaH]. The van der Waals surface area contributed by atoms with Crippen LogP contribution in [0.15, 0.2) is 0 Å². The Kier molecular flexibility index (Phi) is 81.3. The first-order chi connectivity index (χ1) is 4.00. The van der Waals surface area contributed by atoms with Gasteiger partial charge in [0.1, 0.15) is 0 Å². The van der Waals surface area contributed by atoms with Gasteiger partial charge < -0.3 is 25.9 Å². The summed E-state index contributed by atoms with van der Waals surface area (Å²) in [6.07, 6.45) is 0. The van der Waals surface area contributed by atoms with Gasteiger partial charge >= 0.3 is 102 Å². The molecule has 0 atom stereocenters. The van der Waals surface area contributed by atoms with Gasteiger partial charge in [0.05, 0.1) is 6.54 Å². The van der Waals surface area contributed by atoms with Crippen LogP contribution < -0.4 is 5.73 Å². The van der Waals surface area contributed by atoms with E-state index in [0.717, 1.165) is 0 Å². The summed E-state index contributed by atoms with van der Waals surface area (Å²) < 4.78 is 0. The van der Waals surface area contributed by atoms with Crippen LogP contribution in [0.3, 0.4) is 0 Å². The van der Waals surface area contributed by atoms with Gasteiger partial charge in [-0.3, -0.25) is 4.79 Å². The standard InChI is InChI=1S/C2H5NO2.BH3O3.ClH.3Na.3H/c3-1-2(4)5;2-1(3)4;;;;;;;/h1,3H2,(H,4,5);2-4H;1H;;;;;;. The summed E-state index contributed by atoms with van der Waals surface area (Å²) >= 11 is 0. The fourth-order valence-corrected chi connectivity index (χ4v) is 0. The van der Waals surface area contributed by atoms with Crippen molar-refractivity contribution in [1.82, 2.24) is 0 Å². The number of rotatable bonds is 1. The van der Waals surface area contributed by atoms with E-state index >= 15 is 0 Å². The summed E-state index contributed by atoms with van der Waals surface area (Å²) in [5, 5.41) is 29.1. The Bertz CT molecular complexity index is 87.4. The maximum absolute atomic E-state index is 9.24. The first kappa shape index (κ1) is 36.1. The zero-order valence-corrected chi connectivity index (χ0v) is 5.78. The summed E-state index contributed by atoms with van der Waals surface area (Å²) in [5.41, 5.74) is 4.57. The fraction of sp³-hybridized carbons (Fsp3) is 0.500. The van der Waals surface area contributed by atoms with Crippen molar-refractivity contribution < 1.29 is 25.0 Å². The summed E-state index contributed by atoms with van der Waals surface area (Å²) in [4.78, 5) is 9.24. The van der Waals surface area contributed by atoms with E-state index in [4.69, 9.17) is 20.2 Å². The van der Waals surface area contributed by atoms with Gasteiger partial charge in [-0.25, -0.2) is 0 Å². The summed E-state index contributed by atoms with van der Waals surface area (Å²) in [6, 6.07) is 0. The van der Waals surface area contributed by atoms with Crippen molar-refractivity contribution in [2.24, 2.45) is 5.73 Å². The zero-order chi connectivity index (χ0) is 7.86. The molecule has 0 aromatic rings. The van der Waals surface area contributed by atoms with Gasteiger partial charge in [0, 0.05) is 0 Å². The average Bonchev–Trinajstić information content (AvgIpc) is 1.65. The van der Waals surface area contributed by atoms with Crippen LogP contribution in [-0.2, 0) is 4.79 Å². The first-order valence-electron chi connectivity index (χ1n) is 1.96. The van der Waals surface area contributed by atoms with Crippen molar-refractivity contribution in [2.45, 2.75) is 0 Å². The second-order valence-electron chi connectivity index (χ2n) is 0.944. The summed E-state index contributed by atoms with van der Waals surface area (Å²) in [7, 11) is -2.17. The van der Waals surface area contributed by atoms with Crippen molar-refractivity contribution in [2.75, 3.05) is 6.54 Å². The Morgan fingerprint density at radius 1 is 1.15 bits per heavy atom. The Labute approximate surface area is 149 Å². The number of hydrogen-bond donors (Lipinski definition) is 5. The van der Waals surface area contributed by atoms with Gasteiger partial charge in [0.15, 0.2) is 0 Å². The molecule has 0 radical (unpaired) electrons. The molecule has 6 nitrogen and oxygen atoms in total. The van der Waals surface area contributed by atoms with E-state index in [1.165, 1.54) is 0 Å². The molecule has 0 heterocycles. The van der Waals surface area contributed by atoms with Crippen LogP contribution in [0.25, 0.3) is 0 Å². The molecular formula is C2H12BClNNa3O5. The van der Waals surface area contributed by atoms with Crippen LogP contribution in [0.5, 0.6) is 0 Å². The summed E-state index contributed by atoms with van der Waals surface area (Å²) in [6.45, 7) is -0.278. The van der Waals surface area contributed by atoms with Gasteiger partial charge in [-0.15, -0.1) is 12.4 Å². The number of carboxylic acids is 1. The number of hydrogen-bond acceptors (Lipinski definition) is 5. The van der Waals surface area contributed by atoms with Crippen LogP contribution in [0.4, 0.5) is 0 Å². The maximum atomic E-state index is 9.24. The molecule has 0 amide bonds. The van der Waals surface area contributed by atoms with E-state index < -0.39 is 13.3 Å². The Balaban J connectivity index is -0.0000000146. The minimum atomic E-state index is -2.17. The average molecular weight is 245 g/mol. The predicted molar refractivity (Wildman–Crippen MR) is 57.8 cm³/mol. The molecule has 0 aliphatic carbocycles. The monoisotopic (exact) mass is 245 g/mol. The van der Waals surface area contributed by atoms with Crippen molar-refractivity contribution in [3.05, 3.63) is 0 Å². The van der Waals surface area contributed by atoms with Crippen molar-refractivity contribution >= 4 is 114 Å². The molecule has 0 aliphatic heterocycles. The molecule has 0 rings (SSSR count). The van der Waals surface area contributed by atoms with Gasteiger partial charge in [-0.1, -0.05) is 0 Å². The van der Waals surface area contributed by atoms with E-state index in [1.807, 2.05) is 0 Å². The third-order valence-corrected chi connectivity index (χ3v) is 0.175. The molecule has 0 bridgehead atoms. The fourth-order valence-electron chi connectivity index (χ4n) is 0. The first-order valence-corrected chi connectivity index (χ1v) is 1.96. The third kappa shape index (κ3) is 108. The molecule has 13 heavy (non-hydrogen) atoms. The molecule has 0 fully saturated rings. The topological polar surface area (TPSA) is 124 Å². The van der Waals surface area contributed by atoms with Crippen LogP contribution in [0.2, 0.25) is 0 Å². The van der Waals surface area contributed by atoms with Crippen molar-refractivity contribution in [3.8, 4) is 0 Å². The molecule has 0 saturated heterocycles. The van der Waals surface area contributed by atoms with Crippen molar-refractivity contribution in [3.63, 3.8) is 0 Å². The van der Waals surface area contributed by atoms with Crippen LogP contribution in [0, 0.1) is 0 Å². The molecule has 11 heteroatoms. The minimum absolute atomic E-state index is 0. The molecule has 0 aromatic heterocycles. The van der Waals surface area contributed by atoms with Gasteiger partial charge in [0.2, 0.25) is 0 Å². The molecule has 68 valence electrons. The van der Waals surface area contributed by atoms with Crippen LogP contribution in [-0.4, -0.2) is 129 Å². The van der Waals surface area contributed by atoms with Crippen LogP contribution >= 0.6 is 12.4 Å². The van der Waals surface area contributed by atoms with Gasteiger partial charge in [-0.2, -0.15) is 0 Å². The number of nitrogens with two attached hydrogens (primary N) is 1. The van der Waals surface area contributed by atoms with Crippen molar-refractivity contribution in [1.29, 1.82) is 0 Å².